The van der Waals surface area contributed by atoms with Gasteiger partial charge in [0, 0.05) is 12.1 Å². The first-order chi connectivity index (χ1) is 15.9. The molecule has 2 amide bonds. The second-order valence-corrected chi connectivity index (χ2v) is 6.19. The van der Waals surface area contributed by atoms with E-state index in [0.717, 1.165) is 12.4 Å². The van der Waals surface area contributed by atoms with Crippen LogP contribution in [-0.4, -0.2) is 34.1 Å². The molecular formula is C20H14N6O7. The van der Waals surface area contributed by atoms with Gasteiger partial charge in [-0.25, -0.2) is 10.9 Å². The third kappa shape index (κ3) is 5.69. The number of carbonyl (C=O) groups excluding carboxylic acids is 2. The van der Waals surface area contributed by atoms with E-state index in [1.165, 1.54) is 48.5 Å². The highest BCUT2D eigenvalue weighted by Crippen LogP contribution is 2.16. The van der Waals surface area contributed by atoms with Gasteiger partial charge in [0.05, 0.1) is 33.4 Å². The number of carbonyl (C=O) groups is 2. The van der Waals surface area contributed by atoms with Gasteiger partial charge in [-0.2, -0.15) is 10.2 Å². The van der Waals surface area contributed by atoms with Crippen LogP contribution < -0.4 is 10.9 Å². The first kappa shape index (κ1) is 22.5. The molecule has 1 heterocycles. The minimum Gasteiger partial charge on any atom is -0.446 e. The maximum Gasteiger partial charge on any atom is 0.307 e. The number of furan rings is 1. The Balaban J connectivity index is 1.60. The molecule has 0 atom stereocenters. The molecule has 2 N–H and O–H groups in total. The lowest BCUT2D eigenvalue weighted by atomic mass is 10.2. The first-order valence-electron chi connectivity index (χ1n) is 9.10. The molecule has 166 valence electrons. The molecule has 2 aromatic carbocycles. The molecule has 0 spiro atoms. The fourth-order valence-electron chi connectivity index (χ4n) is 2.54. The predicted molar refractivity (Wildman–Crippen MR) is 115 cm³/mol. The third-order valence-corrected chi connectivity index (χ3v) is 4.06. The van der Waals surface area contributed by atoms with Crippen LogP contribution in [0.15, 0.2) is 75.3 Å². The monoisotopic (exact) mass is 450 g/mol. The molecule has 0 unspecified atom stereocenters. The van der Waals surface area contributed by atoms with Gasteiger partial charge in [-0.1, -0.05) is 24.3 Å². The van der Waals surface area contributed by atoms with E-state index in [9.17, 15) is 29.8 Å². The molecule has 0 aliphatic heterocycles. The molecule has 13 nitrogen and oxygen atoms in total. The van der Waals surface area contributed by atoms with Gasteiger partial charge >= 0.3 is 11.8 Å². The molecule has 33 heavy (non-hydrogen) atoms. The van der Waals surface area contributed by atoms with Crippen molar-refractivity contribution in [3.8, 4) is 0 Å². The Hall–Kier alpha value is -5.20. The molecule has 0 aliphatic rings. The summed E-state index contributed by atoms with van der Waals surface area (Å²) in [4.78, 5) is 45.0. The highest BCUT2D eigenvalue weighted by Gasteiger charge is 2.16. The Labute approximate surface area is 184 Å². The summed E-state index contributed by atoms with van der Waals surface area (Å²) in [6, 6.07) is 14.1. The van der Waals surface area contributed by atoms with E-state index in [4.69, 9.17) is 4.42 Å². The maximum absolute atomic E-state index is 12.1. The van der Waals surface area contributed by atoms with Gasteiger partial charge in [-0.3, -0.25) is 29.8 Å². The lowest BCUT2D eigenvalue weighted by Crippen LogP contribution is -2.18. The first-order valence-corrected chi connectivity index (χ1v) is 9.10. The van der Waals surface area contributed by atoms with Crippen molar-refractivity contribution in [2.45, 2.75) is 0 Å². The van der Waals surface area contributed by atoms with E-state index in [1.807, 2.05) is 0 Å². The molecule has 1 aromatic heterocycles. The van der Waals surface area contributed by atoms with E-state index < -0.39 is 21.7 Å². The normalized spacial score (nSPS) is 10.9. The van der Waals surface area contributed by atoms with Gasteiger partial charge in [-0.15, -0.1) is 0 Å². The Bertz CT molecular complexity index is 1190. The quantitative estimate of drug-likeness (QED) is 0.300. The summed E-state index contributed by atoms with van der Waals surface area (Å²) < 4.78 is 5.15. The number of hydrogen-bond acceptors (Lipinski definition) is 9. The Kier molecular flexibility index (Phi) is 6.96. The van der Waals surface area contributed by atoms with Gasteiger partial charge in [-0.05, 0) is 24.3 Å². The molecule has 0 radical (unpaired) electrons. The second kappa shape index (κ2) is 10.2. The van der Waals surface area contributed by atoms with Gasteiger partial charge < -0.3 is 4.42 Å². The summed E-state index contributed by atoms with van der Waals surface area (Å²) in [7, 11) is 0. The number of nitro groups is 2. The van der Waals surface area contributed by atoms with E-state index >= 15 is 0 Å². The molecule has 0 saturated carbocycles. The molecule has 0 bridgehead atoms. The molecular weight excluding hydrogens is 436 g/mol. The standard InChI is InChI=1S/C20H14N6O7/c27-19(23-21-11-13-5-1-3-7-15(13)25(29)30)17-9-10-18(33-17)20(28)24-22-12-14-6-2-4-8-16(14)26(31)32/h1-12H,(H,23,27)(H,24,28). The predicted octanol–water partition coefficient (Wildman–Crippen LogP) is 2.62. The molecule has 3 aromatic rings. The fraction of sp³-hybridized carbons (Fsp3) is 0. The topological polar surface area (TPSA) is 182 Å². The molecule has 0 fully saturated rings. The van der Waals surface area contributed by atoms with Crippen LogP contribution in [0.3, 0.4) is 0 Å². The van der Waals surface area contributed by atoms with Crippen LogP contribution in [-0.2, 0) is 0 Å². The molecule has 0 aliphatic carbocycles. The van der Waals surface area contributed by atoms with Crippen LogP contribution in [0.4, 0.5) is 11.4 Å². The smallest absolute Gasteiger partial charge is 0.307 e. The Morgan fingerprint density at radius 2 is 1.12 bits per heavy atom. The van der Waals surface area contributed by atoms with Crippen LogP contribution in [0.2, 0.25) is 0 Å². The van der Waals surface area contributed by atoms with Gasteiger partial charge in [0.2, 0.25) is 0 Å². The molecule has 13 heteroatoms. The number of benzene rings is 2. The Morgan fingerprint density at radius 1 is 0.727 bits per heavy atom. The van der Waals surface area contributed by atoms with E-state index in [-0.39, 0.29) is 34.0 Å². The van der Waals surface area contributed by atoms with Crippen molar-refractivity contribution < 1.29 is 23.9 Å². The summed E-state index contributed by atoms with van der Waals surface area (Å²) in [5.74, 6) is -2.09. The van der Waals surface area contributed by atoms with E-state index in [2.05, 4.69) is 21.1 Å². The van der Waals surface area contributed by atoms with Gasteiger partial charge in [0.15, 0.2) is 11.5 Å². The minimum absolute atomic E-state index is 0.179. The van der Waals surface area contributed by atoms with Crippen molar-refractivity contribution in [3.05, 3.63) is 104 Å². The third-order valence-electron chi connectivity index (χ3n) is 4.06. The number of nitrogens with zero attached hydrogens (tertiary/aromatic N) is 4. The van der Waals surface area contributed by atoms with E-state index in [1.54, 1.807) is 12.1 Å². The average Bonchev–Trinajstić information content (AvgIpc) is 3.30. The minimum atomic E-state index is -0.799. The number of nitrogens with one attached hydrogen (secondary N) is 2. The summed E-state index contributed by atoms with van der Waals surface area (Å²) in [6.07, 6.45) is 2.20. The van der Waals surface area contributed by atoms with Crippen molar-refractivity contribution in [3.63, 3.8) is 0 Å². The molecule has 3 rings (SSSR count). The van der Waals surface area contributed by atoms with Crippen LogP contribution in [0.1, 0.15) is 32.2 Å². The zero-order valence-corrected chi connectivity index (χ0v) is 16.6. The highest BCUT2D eigenvalue weighted by molar-refractivity contribution is 5.96. The lowest BCUT2D eigenvalue weighted by Gasteiger charge is -1.98. The summed E-state index contributed by atoms with van der Waals surface area (Å²) in [6.45, 7) is 0. The second-order valence-electron chi connectivity index (χ2n) is 6.19. The fourth-order valence-corrected chi connectivity index (χ4v) is 2.54. The van der Waals surface area contributed by atoms with Crippen LogP contribution in [0, 0.1) is 20.2 Å². The van der Waals surface area contributed by atoms with Crippen molar-refractivity contribution in [1.82, 2.24) is 10.9 Å². The number of nitro benzene ring substituents is 2. The van der Waals surface area contributed by atoms with E-state index in [0.29, 0.717) is 0 Å². The summed E-state index contributed by atoms with van der Waals surface area (Å²) in [5.41, 5.74) is 4.26. The number of para-hydroxylation sites is 2. The Morgan fingerprint density at radius 3 is 1.52 bits per heavy atom. The van der Waals surface area contributed by atoms with Crippen molar-refractivity contribution >= 4 is 35.6 Å². The number of hydrogen-bond donors (Lipinski definition) is 2. The lowest BCUT2D eigenvalue weighted by molar-refractivity contribution is -0.385. The van der Waals surface area contributed by atoms with Gasteiger partial charge in [0.1, 0.15) is 0 Å². The largest absolute Gasteiger partial charge is 0.446 e. The van der Waals surface area contributed by atoms with Crippen molar-refractivity contribution in [1.29, 1.82) is 0 Å². The van der Waals surface area contributed by atoms with Crippen LogP contribution in [0.25, 0.3) is 0 Å². The van der Waals surface area contributed by atoms with Gasteiger partial charge in [0.25, 0.3) is 11.4 Å². The van der Waals surface area contributed by atoms with Crippen molar-refractivity contribution in [2.75, 3.05) is 0 Å². The number of rotatable bonds is 8. The summed E-state index contributed by atoms with van der Waals surface area (Å²) >= 11 is 0. The SMILES string of the molecule is O=C(NN=Cc1ccccc1[N+](=O)[O-])c1ccc(C(=O)NN=Cc2ccccc2[N+](=O)[O-])o1. The zero-order chi connectivity index (χ0) is 23.8. The number of hydrazone groups is 2. The average molecular weight is 450 g/mol. The number of amides is 2. The zero-order valence-electron chi connectivity index (χ0n) is 16.6. The van der Waals surface area contributed by atoms with Crippen LogP contribution in [0.5, 0.6) is 0 Å². The maximum atomic E-state index is 12.1. The van der Waals surface area contributed by atoms with Crippen LogP contribution >= 0.6 is 0 Å². The van der Waals surface area contributed by atoms with Crippen molar-refractivity contribution in [2.24, 2.45) is 10.2 Å². The highest BCUT2D eigenvalue weighted by atomic mass is 16.6. The molecule has 0 saturated heterocycles. The summed E-state index contributed by atoms with van der Waals surface area (Å²) in [5, 5.41) is 29.3.